The molecule has 3 aromatic heterocycles. The molecule has 3 rings (SSSR count). The van der Waals surface area contributed by atoms with Gasteiger partial charge in [0.25, 0.3) is 0 Å². The number of nitrogens with one attached hydrogen (secondary N) is 1. The molecule has 3 heterocycles. The third-order valence-corrected chi connectivity index (χ3v) is 3.40. The van der Waals surface area contributed by atoms with Crippen molar-refractivity contribution in [3.8, 4) is 0 Å². The molecule has 0 radical (unpaired) electrons. The van der Waals surface area contributed by atoms with Crippen LogP contribution in [0.4, 0.5) is 0 Å². The van der Waals surface area contributed by atoms with Gasteiger partial charge in [-0.1, -0.05) is 18.2 Å². The molecule has 0 aliphatic heterocycles. The Morgan fingerprint density at radius 3 is 1.52 bits per heavy atom. The second kappa shape index (κ2) is 11.0. The normalized spacial score (nSPS) is 10.2. The first-order chi connectivity index (χ1) is 12.3. The summed E-state index contributed by atoms with van der Waals surface area (Å²) in [5.41, 5.74) is 3.25. The standard InChI is InChI=1S/C13H15N3.C7H10N2/c1-16(10-12-6-2-4-8-14-12)11-13-7-3-5-9-15-13;1-8-6-7-4-2-3-5-9-7/h2-9H,10-11H2,1H3;2-5,8H,6H2,1H3. The van der Waals surface area contributed by atoms with Crippen LogP contribution in [-0.2, 0) is 19.6 Å². The number of aromatic nitrogens is 3. The third-order valence-electron chi connectivity index (χ3n) is 3.40. The van der Waals surface area contributed by atoms with E-state index in [1.807, 2.05) is 74.0 Å². The Bertz CT molecular complexity index is 648. The van der Waals surface area contributed by atoms with Gasteiger partial charge in [0, 0.05) is 38.2 Å². The largest absolute Gasteiger partial charge is 0.314 e. The molecule has 0 bridgehead atoms. The van der Waals surface area contributed by atoms with Gasteiger partial charge in [0.15, 0.2) is 0 Å². The molecule has 1 N–H and O–H groups in total. The summed E-state index contributed by atoms with van der Waals surface area (Å²) in [6.45, 7) is 2.54. The number of nitrogens with zero attached hydrogens (tertiary/aromatic N) is 4. The second-order valence-electron chi connectivity index (χ2n) is 5.67. The molecule has 0 atom stereocenters. The molecule has 0 aromatic carbocycles. The lowest BCUT2D eigenvalue weighted by Gasteiger charge is -2.15. The lowest BCUT2D eigenvalue weighted by atomic mass is 10.3. The number of pyridine rings is 3. The molecule has 0 fully saturated rings. The molecule has 0 saturated heterocycles. The summed E-state index contributed by atoms with van der Waals surface area (Å²) in [5.74, 6) is 0. The summed E-state index contributed by atoms with van der Waals surface area (Å²) in [5, 5.41) is 3.02. The van der Waals surface area contributed by atoms with Crippen LogP contribution in [-0.4, -0.2) is 33.9 Å². The number of rotatable bonds is 6. The van der Waals surface area contributed by atoms with Gasteiger partial charge in [-0.3, -0.25) is 19.9 Å². The average molecular weight is 335 g/mol. The van der Waals surface area contributed by atoms with Crippen LogP contribution in [0.3, 0.4) is 0 Å². The molecule has 0 spiro atoms. The lowest BCUT2D eigenvalue weighted by Crippen LogP contribution is -2.18. The minimum atomic E-state index is 0.845. The minimum Gasteiger partial charge on any atom is -0.314 e. The molecule has 130 valence electrons. The summed E-state index contributed by atoms with van der Waals surface area (Å²) in [4.78, 5) is 14.9. The predicted octanol–water partition coefficient (Wildman–Crippen LogP) is 2.91. The number of hydrogen-bond donors (Lipinski definition) is 1. The zero-order valence-electron chi connectivity index (χ0n) is 14.8. The maximum absolute atomic E-state index is 4.30. The van der Waals surface area contributed by atoms with Gasteiger partial charge in [-0.05, 0) is 50.5 Å². The summed E-state index contributed by atoms with van der Waals surface area (Å²) >= 11 is 0. The molecule has 5 heteroatoms. The summed E-state index contributed by atoms with van der Waals surface area (Å²) in [6.07, 6.45) is 5.44. The van der Waals surface area contributed by atoms with Gasteiger partial charge in [0.2, 0.25) is 0 Å². The Balaban J connectivity index is 0.000000212. The fraction of sp³-hybridized carbons (Fsp3) is 0.250. The van der Waals surface area contributed by atoms with Gasteiger partial charge in [-0.15, -0.1) is 0 Å². The van der Waals surface area contributed by atoms with Gasteiger partial charge < -0.3 is 5.32 Å². The van der Waals surface area contributed by atoms with E-state index in [0.29, 0.717) is 0 Å². The molecular formula is C20H25N5. The first-order valence-corrected chi connectivity index (χ1v) is 8.31. The van der Waals surface area contributed by atoms with E-state index in [-0.39, 0.29) is 0 Å². The predicted molar refractivity (Wildman–Crippen MR) is 101 cm³/mol. The highest BCUT2D eigenvalue weighted by molar-refractivity contribution is 5.06. The van der Waals surface area contributed by atoms with E-state index in [1.54, 1.807) is 6.20 Å². The van der Waals surface area contributed by atoms with Crippen LogP contribution in [0.1, 0.15) is 17.1 Å². The fourth-order valence-corrected chi connectivity index (χ4v) is 2.28. The Hall–Kier alpha value is -2.63. The van der Waals surface area contributed by atoms with Crippen LogP contribution in [0.15, 0.2) is 73.2 Å². The van der Waals surface area contributed by atoms with Crippen LogP contribution < -0.4 is 5.32 Å². The highest BCUT2D eigenvalue weighted by atomic mass is 15.1. The van der Waals surface area contributed by atoms with E-state index in [1.165, 1.54) is 0 Å². The van der Waals surface area contributed by atoms with E-state index in [4.69, 9.17) is 0 Å². The Labute approximate surface area is 149 Å². The lowest BCUT2D eigenvalue weighted by molar-refractivity contribution is 0.311. The maximum Gasteiger partial charge on any atom is 0.0543 e. The van der Waals surface area contributed by atoms with Crippen molar-refractivity contribution in [3.63, 3.8) is 0 Å². The molecule has 0 saturated carbocycles. The molecule has 0 aliphatic carbocycles. The first kappa shape index (κ1) is 18.7. The van der Waals surface area contributed by atoms with E-state index in [0.717, 1.165) is 36.7 Å². The molecule has 0 aliphatic rings. The zero-order valence-corrected chi connectivity index (χ0v) is 14.8. The Kier molecular flexibility index (Phi) is 8.24. The third kappa shape index (κ3) is 7.65. The second-order valence-corrected chi connectivity index (χ2v) is 5.67. The smallest absolute Gasteiger partial charge is 0.0543 e. The minimum absolute atomic E-state index is 0.845. The quantitative estimate of drug-likeness (QED) is 0.751. The Morgan fingerprint density at radius 2 is 1.16 bits per heavy atom. The van der Waals surface area contributed by atoms with Crippen LogP contribution in [0.25, 0.3) is 0 Å². The topological polar surface area (TPSA) is 53.9 Å². The summed E-state index contributed by atoms with van der Waals surface area (Å²) in [7, 11) is 3.98. The molecule has 3 aromatic rings. The van der Waals surface area contributed by atoms with Gasteiger partial charge in [-0.2, -0.15) is 0 Å². The fourth-order valence-electron chi connectivity index (χ4n) is 2.28. The van der Waals surface area contributed by atoms with E-state index < -0.39 is 0 Å². The van der Waals surface area contributed by atoms with Crippen LogP contribution >= 0.6 is 0 Å². The highest BCUT2D eigenvalue weighted by Gasteiger charge is 2.02. The highest BCUT2D eigenvalue weighted by Crippen LogP contribution is 2.03. The van der Waals surface area contributed by atoms with E-state index >= 15 is 0 Å². The van der Waals surface area contributed by atoms with Crippen molar-refractivity contribution in [2.75, 3.05) is 14.1 Å². The van der Waals surface area contributed by atoms with Gasteiger partial charge in [0.05, 0.1) is 17.1 Å². The van der Waals surface area contributed by atoms with Crippen molar-refractivity contribution in [3.05, 3.63) is 90.3 Å². The average Bonchev–Trinajstić information content (AvgIpc) is 2.65. The van der Waals surface area contributed by atoms with Crippen molar-refractivity contribution < 1.29 is 0 Å². The SMILES string of the molecule is CN(Cc1ccccn1)Cc1ccccn1.CNCc1ccccn1. The van der Waals surface area contributed by atoms with Crippen molar-refractivity contribution >= 4 is 0 Å². The molecule has 0 unspecified atom stereocenters. The van der Waals surface area contributed by atoms with Gasteiger partial charge in [-0.25, -0.2) is 0 Å². The molecular weight excluding hydrogens is 310 g/mol. The van der Waals surface area contributed by atoms with Crippen molar-refractivity contribution in [1.82, 2.24) is 25.2 Å². The van der Waals surface area contributed by atoms with Gasteiger partial charge in [0.1, 0.15) is 0 Å². The van der Waals surface area contributed by atoms with E-state index in [9.17, 15) is 0 Å². The van der Waals surface area contributed by atoms with Crippen molar-refractivity contribution in [2.45, 2.75) is 19.6 Å². The molecule has 0 amide bonds. The first-order valence-electron chi connectivity index (χ1n) is 8.31. The summed E-state index contributed by atoms with van der Waals surface area (Å²) in [6, 6.07) is 17.9. The summed E-state index contributed by atoms with van der Waals surface area (Å²) < 4.78 is 0. The van der Waals surface area contributed by atoms with Crippen molar-refractivity contribution in [1.29, 1.82) is 0 Å². The maximum atomic E-state index is 4.30. The van der Waals surface area contributed by atoms with Crippen LogP contribution in [0, 0.1) is 0 Å². The van der Waals surface area contributed by atoms with Crippen molar-refractivity contribution in [2.24, 2.45) is 0 Å². The molecule has 5 nitrogen and oxygen atoms in total. The van der Waals surface area contributed by atoms with Crippen LogP contribution in [0.5, 0.6) is 0 Å². The Morgan fingerprint density at radius 1 is 0.720 bits per heavy atom. The zero-order chi connectivity index (χ0) is 17.7. The van der Waals surface area contributed by atoms with Crippen LogP contribution in [0.2, 0.25) is 0 Å². The number of hydrogen-bond acceptors (Lipinski definition) is 5. The monoisotopic (exact) mass is 335 g/mol. The van der Waals surface area contributed by atoms with Gasteiger partial charge >= 0.3 is 0 Å². The van der Waals surface area contributed by atoms with E-state index in [2.05, 4.69) is 32.2 Å². The molecule has 25 heavy (non-hydrogen) atoms.